The molecule has 0 radical (unpaired) electrons. The van der Waals surface area contributed by atoms with E-state index in [1.165, 1.54) is 23.9 Å². The Morgan fingerprint density at radius 2 is 2.21 bits per heavy atom. The normalized spacial score (nSPS) is 26.7. The Balaban J connectivity index is 1.24. The van der Waals surface area contributed by atoms with Gasteiger partial charge in [-0.1, -0.05) is 0 Å². The second kappa shape index (κ2) is 6.73. The molecule has 1 amide bonds. The Bertz CT molecular complexity index is 554. The van der Waals surface area contributed by atoms with E-state index in [1.54, 1.807) is 0 Å². The zero-order valence-electron chi connectivity index (χ0n) is 13.8. The Morgan fingerprint density at radius 3 is 2.96 bits per heavy atom. The first-order valence-corrected chi connectivity index (χ1v) is 8.69. The van der Waals surface area contributed by atoms with Crippen LogP contribution >= 0.6 is 0 Å². The molecule has 0 aromatic carbocycles. The molecule has 0 bridgehead atoms. The highest BCUT2D eigenvalue weighted by Crippen LogP contribution is 2.30. The number of amides is 1. The summed E-state index contributed by atoms with van der Waals surface area (Å²) in [6.07, 6.45) is 5.37. The van der Waals surface area contributed by atoms with Crippen molar-refractivity contribution in [3.63, 3.8) is 0 Å². The first-order valence-electron chi connectivity index (χ1n) is 8.69. The molecule has 9 heteroatoms. The van der Waals surface area contributed by atoms with E-state index in [0.29, 0.717) is 25.8 Å². The zero-order valence-corrected chi connectivity index (χ0v) is 13.8. The maximum atomic E-state index is 12.4. The fraction of sp³-hybridized carbons (Fsp3) is 0.867. The maximum Gasteiger partial charge on any atom is 0.244 e. The third-order valence-electron chi connectivity index (χ3n) is 5.10. The number of ether oxygens (including phenoxy) is 2. The molecule has 1 aromatic heterocycles. The highest BCUT2D eigenvalue weighted by atomic mass is 16.5. The molecular formula is C15H24N6O3. The van der Waals surface area contributed by atoms with Crippen molar-refractivity contribution >= 4 is 5.91 Å². The summed E-state index contributed by atoms with van der Waals surface area (Å²) in [6, 6.07) is 0. The SMILES string of the molecule is O=C(Cn1cnnn1)N1CCOC2(CN(CCC3CCCO3)C2)C1. The summed E-state index contributed by atoms with van der Waals surface area (Å²) in [5.74, 6) is 0.0442. The predicted molar refractivity (Wildman–Crippen MR) is 83.1 cm³/mol. The molecule has 3 fully saturated rings. The maximum absolute atomic E-state index is 12.4. The van der Waals surface area contributed by atoms with Gasteiger partial charge in [0.05, 0.1) is 19.3 Å². The fourth-order valence-corrected chi connectivity index (χ4v) is 3.87. The molecule has 3 aliphatic heterocycles. The van der Waals surface area contributed by atoms with E-state index in [-0.39, 0.29) is 18.1 Å². The van der Waals surface area contributed by atoms with Crippen molar-refractivity contribution < 1.29 is 14.3 Å². The second-order valence-electron chi connectivity index (χ2n) is 6.99. The lowest BCUT2D eigenvalue weighted by Crippen LogP contribution is -2.70. The van der Waals surface area contributed by atoms with Gasteiger partial charge in [0.25, 0.3) is 0 Å². The van der Waals surface area contributed by atoms with Crippen LogP contribution in [0.5, 0.6) is 0 Å². The monoisotopic (exact) mass is 336 g/mol. The van der Waals surface area contributed by atoms with Crippen LogP contribution in [0.1, 0.15) is 19.3 Å². The smallest absolute Gasteiger partial charge is 0.244 e. The van der Waals surface area contributed by atoms with Gasteiger partial charge < -0.3 is 14.4 Å². The van der Waals surface area contributed by atoms with Gasteiger partial charge in [0.1, 0.15) is 18.5 Å². The summed E-state index contributed by atoms with van der Waals surface area (Å²) in [6.45, 7) is 5.84. The van der Waals surface area contributed by atoms with Crippen molar-refractivity contribution in [1.29, 1.82) is 0 Å². The zero-order chi connectivity index (χ0) is 16.4. The standard InChI is InChI=1S/C15H24N6O3/c22-14(8-21-12-16-17-18-21)20-5-7-24-15(11-20)9-19(10-15)4-3-13-2-1-6-23-13/h12-13H,1-11H2. The molecule has 132 valence electrons. The van der Waals surface area contributed by atoms with E-state index < -0.39 is 0 Å². The van der Waals surface area contributed by atoms with E-state index in [9.17, 15) is 4.79 Å². The topological polar surface area (TPSA) is 85.6 Å². The lowest BCUT2D eigenvalue weighted by atomic mass is 9.91. The molecule has 9 nitrogen and oxygen atoms in total. The second-order valence-corrected chi connectivity index (χ2v) is 6.99. The van der Waals surface area contributed by atoms with Gasteiger partial charge >= 0.3 is 0 Å². The van der Waals surface area contributed by atoms with Crippen LogP contribution in [0.15, 0.2) is 6.33 Å². The van der Waals surface area contributed by atoms with Gasteiger partial charge in [0.15, 0.2) is 0 Å². The molecule has 1 spiro atoms. The lowest BCUT2D eigenvalue weighted by Gasteiger charge is -2.54. The average Bonchev–Trinajstić information content (AvgIpc) is 3.24. The van der Waals surface area contributed by atoms with E-state index in [1.807, 2.05) is 4.90 Å². The molecule has 3 aliphatic rings. The summed E-state index contributed by atoms with van der Waals surface area (Å²) >= 11 is 0. The third-order valence-corrected chi connectivity index (χ3v) is 5.10. The summed E-state index contributed by atoms with van der Waals surface area (Å²) in [5.41, 5.74) is -0.189. The number of nitrogens with zero attached hydrogens (tertiary/aromatic N) is 6. The average molecular weight is 336 g/mol. The molecule has 3 saturated heterocycles. The van der Waals surface area contributed by atoms with E-state index in [0.717, 1.165) is 32.7 Å². The Morgan fingerprint density at radius 1 is 1.29 bits per heavy atom. The molecule has 4 rings (SSSR count). The van der Waals surface area contributed by atoms with Gasteiger partial charge in [-0.15, -0.1) is 5.10 Å². The number of carbonyl (C=O) groups is 1. The van der Waals surface area contributed by atoms with Gasteiger partial charge in [0.2, 0.25) is 5.91 Å². The number of aromatic nitrogens is 4. The van der Waals surface area contributed by atoms with Gasteiger partial charge in [-0.2, -0.15) is 0 Å². The molecule has 1 atom stereocenters. The van der Waals surface area contributed by atoms with Crippen molar-refractivity contribution in [3.8, 4) is 0 Å². The molecule has 0 saturated carbocycles. The number of morpholine rings is 1. The van der Waals surface area contributed by atoms with Crippen LogP contribution in [0.25, 0.3) is 0 Å². The number of hydrogen-bond donors (Lipinski definition) is 0. The third kappa shape index (κ3) is 3.42. The molecule has 24 heavy (non-hydrogen) atoms. The van der Waals surface area contributed by atoms with E-state index in [4.69, 9.17) is 9.47 Å². The Hall–Kier alpha value is -1.58. The van der Waals surface area contributed by atoms with Gasteiger partial charge in [-0.3, -0.25) is 9.69 Å². The van der Waals surface area contributed by atoms with Crippen LogP contribution in [-0.4, -0.2) is 93.6 Å². The fourth-order valence-electron chi connectivity index (χ4n) is 3.87. The van der Waals surface area contributed by atoms with Crippen molar-refractivity contribution in [2.24, 2.45) is 0 Å². The van der Waals surface area contributed by atoms with Crippen molar-refractivity contribution in [2.75, 3.05) is 45.9 Å². The van der Waals surface area contributed by atoms with Gasteiger partial charge in [-0.05, 0) is 29.7 Å². The molecule has 1 unspecified atom stereocenters. The molecule has 0 N–H and O–H groups in total. The summed E-state index contributed by atoms with van der Waals surface area (Å²) in [4.78, 5) is 16.7. The summed E-state index contributed by atoms with van der Waals surface area (Å²) < 4.78 is 13.1. The Kier molecular flexibility index (Phi) is 4.47. The minimum Gasteiger partial charge on any atom is -0.378 e. The van der Waals surface area contributed by atoms with Crippen LogP contribution in [-0.2, 0) is 20.8 Å². The summed E-state index contributed by atoms with van der Waals surface area (Å²) in [7, 11) is 0. The number of rotatable bonds is 5. The summed E-state index contributed by atoms with van der Waals surface area (Å²) in [5, 5.41) is 10.9. The van der Waals surface area contributed by atoms with Crippen LogP contribution in [0.4, 0.5) is 0 Å². The van der Waals surface area contributed by atoms with Crippen molar-refractivity contribution in [2.45, 2.75) is 37.5 Å². The molecule has 4 heterocycles. The number of likely N-dealkylation sites (tertiary alicyclic amines) is 1. The predicted octanol–water partition coefficient (Wildman–Crippen LogP) is -0.845. The minimum atomic E-state index is -0.189. The highest BCUT2D eigenvalue weighted by molar-refractivity contribution is 5.76. The van der Waals surface area contributed by atoms with Crippen molar-refractivity contribution in [3.05, 3.63) is 6.33 Å². The van der Waals surface area contributed by atoms with Crippen LogP contribution < -0.4 is 0 Å². The van der Waals surface area contributed by atoms with Gasteiger partial charge in [0, 0.05) is 32.8 Å². The quantitative estimate of drug-likeness (QED) is 0.693. The number of tetrazole rings is 1. The minimum absolute atomic E-state index is 0.0442. The van der Waals surface area contributed by atoms with Gasteiger partial charge in [-0.25, -0.2) is 4.68 Å². The Labute approximate surface area is 140 Å². The number of carbonyl (C=O) groups excluding carboxylic acids is 1. The number of hydrogen-bond acceptors (Lipinski definition) is 7. The van der Waals surface area contributed by atoms with E-state index in [2.05, 4.69) is 20.4 Å². The molecule has 1 aromatic rings. The largest absolute Gasteiger partial charge is 0.378 e. The van der Waals surface area contributed by atoms with Crippen LogP contribution in [0, 0.1) is 0 Å². The van der Waals surface area contributed by atoms with E-state index >= 15 is 0 Å². The van der Waals surface area contributed by atoms with Crippen LogP contribution in [0.3, 0.4) is 0 Å². The highest BCUT2D eigenvalue weighted by Gasteiger charge is 2.47. The molecular weight excluding hydrogens is 312 g/mol. The van der Waals surface area contributed by atoms with Crippen molar-refractivity contribution in [1.82, 2.24) is 30.0 Å². The molecule has 0 aliphatic carbocycles. The lowest BCUT2D eigenvalue weighted by molar-refractivity contribution is -0.190. The van der Waals surface area contributed by atoms with Crippen LogP contribution in [0.2, 0.25) is 0 Å². The first-order chi connectivity index (χ1) is 11.7. The first kappa shape index (κ1) is 15.9.